The highest BCUT2D eigenvalue weighted by atomic mass is 127. The van der Waals surface area contributed by atoms with Gasteiger partial charge in [0, 0.05) is 15.7 Å². The Balaban J connectivity index is 1.82. The summed E-state index contributed by atoms with van der Waals surface area (Å²) >= 11 is 2.29. The van der Waals surface area contributed by atoms with Crippen LogP contribution >= 0.6 is 22.6 Å². The van der Waals surface area contributed by atoms with Gasteiger partial charge < -0.3 is 4.90 Å². The Morgan fingerprint density at radius 2 is 1.59 bits per heavy atom. The molecule has 1 amide bonds. The van der Waals surface area contributed by atoms with E-state index in [0.717, 1.165) is 27.7 Å². The van der Waals surface area contributed by atoms with Crippen LogP contribution in [0.3, 0.4) is 0 Å². The first-order chi connectivity index (χ1) is 13.2. The number of carbonyl (C=O) groups excluding carboxylic acids is 1. The molecule has 0 radical (unpaired) electrons. The molecule has 0 aliphatic heterocycles. The summed E-state index contributed by atoms with van der Waals surface area (Å²) in [4.78, 5) is 14.7. The fourth-order valence-electron chi connectivity index (χ4n) is 3.05. The predicted octanol–water partition coefficient (Wildman–Crippen LogP) is 6.68. The zero-order valence-electron chi connectivity index (χ0n) is 15.6. The summed E-state index contributed by atoms with van der Waals surface area (Å²) in [6.45, 7) is 2.71. The summed E-state index contributed by atoms with van der Waals surface area (Å²) < 4.78 is 1.14. The molecular weight excluding hydrogens is 445 g/mol. The fourth-order valence-corrected chi connectivity index (χ4v) is 3.57. The molecule has 3 aromatic rings. The van der Waals surface area contributed by atoms with E-state index < -0.39 is 0 Å². The van der Waals surface area contributed by atoms with Gasteiger partial charge in [0.25, 0.3) is 0 Å². The third-order valence-electron chi connectivity index (χ3n) is 4.57. The second-order valence-corrected chi connectivity index (χ2v) is 7.87. The van der Waals surface area contributed by atoms with Gasteiger partial charge in [-0.05, 0) is 63.9 Å². The third-order valence-corrected chi connectivity index (χ3v) is 5.24. The van der Waals surface area contributed by atoms with Gasteiger partial charge in [0.05, 0.1) is 6.54 Å². The Hall–Kier alpha value is -2.14. The highest BCUT2D eigenvalue weighted by Gasteiger charge is 2.16. The van der Waals surface area contributed by atoms with Crippen molar-refractivity contribution in [3.8, 4) is 11.1 Å². The molecule has 0 aliphatic carbocycles. The molecule has 0 saturated carbocycles. The highest BCUT2D eigenvalue weighted by molar-refractivity contribution is 14.1. The Kier molecular flexibility index (Phi) is 7.04. The van der Waals surface area contributed by atoms with Crippen LogP contribution in [0.15, 0.2) is 78.9 Å². The van der Waals surface area contributed by atoms with Gasteiger partial charge >= 0.3 is 0 Å². The molecule has 0 N–H and O–H groups in total. The van der Waals surface area contributed by atoms with Crippen LogP contribution in [-0.4, -0.2) is 5.91 Å². The monoisotopic (exact) mass is 469 g/mol. The summed E-state index contributed by atoms with van der Waals surface area (Å²) in [5, 5.41) is 0. The second kappa shape index (κ2) is 9.70. The number of rotatable bonds is 7. The van der Waals surface area contributed by atoms with Crippen LogP contribution in [0.4, 0.5) is 5.69 Å². The first kappa shape index (κ1) is 19.6. The zero-order chi connectivity index (χ0) is 19.1. The summed E-state index contributed by atoms with van der Waals surface area (Å²) in [5.74, 6) is 0.186. The molecular formula is C24H24INO. The number of anilines is 1. The highest BCUT2D eigenvalue weighted by Crippen LogP contribution is 2.24. The van der Waals surface area contributed by atoms with Crippen molar-refractivity contribution in [1.29, 1.82) is 0 Å². The summed E-state index contributed by atoms with van der Waals surface area (Å²) in [6.07, 6.45) is 2.54. The maximum atomic E-state index is 12.8. The topological polar surface area (TPSA) is 20.3 Å². The van der Waals surface area contributed by atoms with Gasteiger partial charge in [0.15, 0.2) is 0 Å². The van der Waals surface area contributed by atoms with Crippen molar-refractivity contribution in [3.05, 3.63) is 88.0 Å². The first-order valence-corrected chi connectivity index (χ1v) is 10.5. The molecule has 0 aromatic heterocycles. The minimum atomic E-state index is 0.186. The van der Waals surface area contributed by atoms with Gasteiger partial charge in [0.1, 0.15) is 0 Å². The fraction of sp³-hybridized carbons (Fsp3) is 0.208. The molecule has 2 nitrogen and oxygen atoms in total. The van der Waals surface area contributed by atoms with Crippen LogP contribution in [0.1, 0.15) is 31.7 Å². The SMILES string of the molecule is CCCCC(=O)N(Cc1ccc(-c2ccccc2)cc1)c1cccc(I)c1. The number of hydrogen-bond donors (Lipinski definition) is 0. The second-order valence-electron chi connectivity index (χ2n) is 6.63. The number of benzene rings is 3. The van der Waals surface area contributed by atoms with Crippen molar-refractivity contribution >= 4 is 34.2 Å². The number of halogens is 1. The van der Waals surface area contributed by atoms with Gasteiger partial charge in [-0.25, -0.2) is 0 Å². The Morgan fingerprint density at radius 1 is 0.889 bits per heavy atom. The third kappa shape index (κ3) is 5.42. The van der Waals surface area contributed by atoms with E-state index in [1.165, 1.54) is 11.1 Å². The molecule has 0 spiro atoms. The van der Waals surface area contributed by atoms with E-state index in [9.17, 15) is 4.79 Å². The van der Waals surface area contributed by atoms with E-state index in [1.54, 1.807) is 0 Å². The van der Waals surface area contributed by atoms with E-state index in [4.69, 9.17) is 0 Å². The molecule has 138 valence electrons. The normalized spacial score (nSPS) is 10.6. The molecule has 27 heavy (non-hydrogen) atoms. The van der Waals surface area contributed by atoms with E-state index >= 15 is 0 Å². The van der Waals surface area contributed by atoms with Gasteiger partial charge in [0.2, 0.25) is 5.91 Å². The predicted molar refractivity (Wildman–Crippen MR) is 122 cm³/mol. The molecule has 0 bridgehead atoms. The lowest BCUT2D eigenvalue weighted by molar-refractivity contribution is -0.118. The molecule has 0 fully saturated rings. The summed E-state index contributed by atoms with van der Waals surface area (Å²) in [5.41, 5.74) is 4.50. The summed E-state index contributed by atoms with van der Waals surface area (Å²) in [7, 11) is 0. The van der Waals surface area contributed by atoms with Crippen molar-refractivity contribution in [2.75, 3.05) is 4.90 Å². The van der Waals surface area contributed by atoms with Crippen LogP contribution in [-0.2, 0) is 11.3 Å². The maximum absolute atomic E-state index is 12.8. The number of amides is 1. The van der Waals surface area contributed by atoms with Crippen molar-refractivity contribution in [2.45, 2.75) is 32.7 Å². The van der Waals surface area contributed by atoms with Gasteiger partial charge in [-0.15, -0.1) is 0 Å². The molecule has 0 atom stereocenters. The quantitative estimate of drug-likeness (QED) is 0.354. The molecule has 0 saturated heterocycles. The van der Waals surface area contributed by atoms with Crippen LogP contribution in [0.5, 0.6) is 0 Å². The summed E-state index contributed by atoms with van der Waals surface area (Å²) in [6, 6.07) is 27.0. The van der Waals surface area contributed by atoms with Crippen molar-refractivity contribution < 1.29 is 4.79 Å². The number of nitrogens with zero attached hydrogens (tertiary/aromatic N) is 1. The Bertz CT molecular complexity index is 874. The minimum Gasteiger partial charge on any atom is -0.308 e. The van der Waals surface area contributed by atoms with E-state index in [2.05, 4.69) is 72.0 Å². The molecule has 0 aliphatic rings. The van der Waals surface area contributed by atoms with Gasteiger partial charge in [-0.3, -0.25) is 4.79 Å². The largest absolute Gasteiger partial charge is 0.308 e. The zero-order valence-corrected chi connectivity index (χ0v) is 17.7. The van der Waals surface area contributed by atoms with Crippen molar-refractivity contribution in [2.24, 2.45) is 0 Å². The van der Waals surface area contributed by atoms with Crippen molar-refractivity contribution in [3.63, 3.8) is 0 Å². The van der Waals surface area contributed by atoms with Crippen LogP contribution in [0, 0.1) is 3.57 Å². The smallest absolute Gasteiger partial charge is 0.227 e. The Labute approximate surface area is 175 Å². The van der Waals surface area contributed by atoms with E-state index in [-0.39, 0.29) is 5.91 Å². The molecule has 3 rings (SSSR count). The first-order valence-electron chi connectivity index (χ1n) is 9.37. The molecule has 3 heteroatoms. The van der Waals surface area contributed by atoms with Crippen LogP contribution < -0.4 is 4.90 Å². The van der Waals surface area contributed by atoms with Gasteiger partial charge in [-0.2, -0.15) is 0 Å². The molecule has 0 heterocycles. The molecule has 0 unspecified atom stereocenters. The van der Waals surface area contributed by atoms with Crippen molar-refractivity contribution in [1.82, 2.24) is 0 Å². The average Bonchev–Trinajstić information content (AvgIpc) is 2.71. The Morgan fingerprint density at radius 3 is 2.26 bits per heavy atom. The van der Waals surface area contributed by atoms with E-state index in [1.807, 2.05) is 41.3 Å². The van der Waals surface area contributed by atoms with Crippen LogP contribution in [0.25, 0.3) is 11.1 Å². The standard InChI is InChI=1S/C24H24INO/c1-2-3-12-24(27)26(23-11-7-10-22(25)17-23)18-19-13-15-21(16-14-19)20-8-5-4-6-9-20/h4-11,13-17H,2-3,12,18H2,1H3. The maximum Gasteiger partial charge on any atom is 0.227 e. The van der Waals surface area contributed by atoms with Crippen LogP contribution in [0.2, 0.25) is 0 Å². The van der Waals surface area contributed by atoms with E-state index in [0.29, 0.717) is 13.0 Å². The lowest BCUT2D eigenvalue weighted by Crippen LogP contribution is -2.30. The lowest BCUT2D eigenvalue weighted by Gasteiger charge is -2.23. The lowest BCUT2D eigenvalue weighted by atomic mass is 10.0. The average molecular weight is 469 g/mol. The minimum absolute atomic E-state index is 0.186. The molecule has 3 aromatic carbocycles. The number of unbranched alkanes of at least 4 members (excludes halogenated alkanes) is 1. The number of carbonyl (C=O) groups is 1. The number of hydrogen-bond acceptors (Lipinski definition) is 1. The van der Waals surface area contributed by atoms with Gasteiger partial charge in [-0.1, -0.05) is 74.0 Å².